The number of rotatable bonds is 5. The Morgan fingerprint density at radius 3 is 2.50 bits per heavy atom. The van der Waals surface area contributed by atoms with Crippen molar-refractivity contribution in [1.82, 2.24) is 4.72 Å². The maximum atomic E-state index is 13.4. The van der Waals surface area contributed by atoms with Crippen LogP contribution in [0.3, 0.4) is 0 Å². The van der Waals surface area contributed by atoms with Crippen molar-refractivity contribution < 1.29 is 17.2 Å². The minimum Gasteiger partial charge on any atom is -0.397 e. The van der Waals surface area contributed by atoms with Gasteiger partial charge in [-0.05, 0) is 18.1 Å². The number of nitrogens with two attached hydrogens (primary N) is 1. The van der Waals surface area contributed by atoms with Gasteiger partial charge in [-0.25, -0.2) is 8.78 Å². The topological polar surface area (TPSA) is 84.2 Å². The summed E-state index contributed by atoms with van der Waals surface area (Å²) in [6.07, 6.45) is 0. The average Bonchev–Trinajstić information content (AvgIpc) is 2.27. The largest absolute Gasteiger partial charge is 0.397 e. The quantitative estimate of drug-likeness (QED) is 0.713. The van der Waals surface area contributed by atoms with Gasteiger partial charge >= 0.3 is 0 Å². The molecule has 0 amide bonds. The predicted octanol–water partition coefficient (Wildman–Crippen LogP) is 1.45. The van der Waals surface area contributed by atoms with E-state index in [9.17, 15) is 17.2 Å². The molecule has 1 aromatic carbocycles. The number of halogens is 2. The van der Waals surface area contributed by atoms with Crippen molar-refractivity contribution in [3.8, 4) is 0 Å². The molecule has 0 radical (unpaired) electrons. The Hall–Kier alpha value is -1.41. The smallest absolute Gasteiger partial charge is 0.299 e. The Kier molecular flexibility index (Phi) is 4.47. The summed E-state index contributed by atoms with van der Waals surface area (Å²) < 4.78 is 53.5. The molecule has 0 saturated carbocycles. The van der Waals surface area contributed by atoms with Crippen LogP contribution in [0.15, 0.2) is 12.1 Å². The van der Waals surface area contributed by atoms with Gasteiger partial charge in [0.05, 0.1) is 5.69 Å². The number of nitrogens with one attached hydrogen (secondary N) is 2. The maximum absolute atomic E-state index is 13.4. The van der Waals surface area contributed by atoms with Crippen LogP contribution in [-0.2, 0) is 10.2 Å². The minimum atomic E-state index is -3.98. The molecule has 102 valence electrons. The van der Waals surface area contributed by atoms with Gasteiger partial charge in [-0.2, -0.15) is 13.1 Å². The molecule has 0 fully saturated rings. The van der Waals surface area contributed by atoms with Crippen LogP contribution in [0.4, 0.5) is 20.2 Å². The van der Waals surface area contributed by atoms with Gasteiger partial charge in [0, 0.05) is 6.54 Å². The van der Waals surface area contributed by atoms with E-state index in [4.69, 9.17) is 5.73 Å². The van der Waals surface area contributed by atoms with Crippen LogP contribution in [0.2, 0.25) is 0 Å². The van der Waals surface area contributed by atoms with Crippen molar-refractivity contribution >= 4 is 21.6 Å². The summed E-state index contributed by atoms with van der Waals surface area (Å²) in [4.78, 5) is 0. The third-order valence-electron chi connectivity index (χ3n) is 2.05. The molecule has 4 N–H and O–H groups in total. The Morgan fingerprint density at radius 1 is 1.33 bits per heavy atom. The van der Waals surface area contributed by atoms with Crippen LogP contribution in [-0.4, -0.2) is 15.0 Å². The molecule has 0 heterocycles. The number of hydrogen-bond acceptors (Lipinski definition) is 3. The van der Waals surface area contributed by atoms with E-state index in [0.717, 1.165) is 12.1 Å². The molecule has 0 aliphatic rings. The highest BCUT2D eigenvalue weighted by atomic mass is 32.2. The molecule has 0 spiro atoms. The molecule has 0 aliphatic carbocycles. The standard InChI is InChI=1S/C10H15F2N3O2S/c1-6(2)5-14-18(16,17)15-10-8(13)4-3-7(11)9(10)12/h3-4,6,14-15H,5,13H2,1-2H3. The summed E-state index contributed by atoms with van der Waals surface area (Å²) in [5.41, 5.74) is 4.61. The Bertz CT molecular complexity index is 532. The summed E-state index contributed by atoms with van der Waals surface area (Å²) in [5.74, 6) is -2.42. The zero-order valence-corrected chi connectivity index (χ0v) is 10.8. The van der Waals surface area contributed by atoms with E-state index in [0.29, 0.717) is 0 Å². The van der Waals surface area contributed by atoms with Gasteiger partial charge in [-0.1, -0.05) is 13.8 Å². The molecule has 0 unspecified atom stereocenters. The Balaban J connectivity index is 2.94. The second-order valence-electron chi connectivity index (χ2n) is 4.17. The molecular formula is C10H15F2N3O2S. The van der Waals surface area contributed by atoms with Crippen molar-refractivity contribution in [2.45, 2.75) is 13.8 Å². The highest BCUT2D eigenvalue weighted by Gasteiger charge is 2.18. The summed E-state index contributed by atoms with van der Waals surface area (Å²) in [5, 5.41) is 0. The molecular weight excluding hydrogens is 264 g/mol. The Labute approximate surface area is 105 Å². The van der Waals surface area contributed by atoms with Gasteiger partial charge < -0.3 is 5.73 Å². The molecule has 0 bridgehead atoms. The first-order valence-corrected chi connectivity index (χ1v) is 6.72. The summed E-state index contributed by atoms with van der Waals surface area (Å²) >= 11 is 0. The molecule has 1 aromatic rings. The van der Waals surface area contributed by atoms with Gasteiger partial charge in [0.25, 0.3) is 10.2 Å². The fraction of sp³-hybridized carbons (Fsp3) is 0.400. The zero-order valence-electron chi connectivity index (χ0n) is 10.00. The van der Waals surface area contributed by atoms with E-state index in [1.165, 1.54) is 0 Å². The fourth-order valence-corrected chi connectivity index (χ4v) is 2.22. The lowest BCUT2D eigenvalue weighted by Gasteiger charge is -2.13. The lowest BCUT2D eigenvalue weighted by Crippen LogP contribution is -2.33. The molecule has 18 heavy (non-hydrogen) atoms. The molecule has 0 aromatic heterocycles. The third kappa shape index (κ3) is 3.81. The first kappa shape index (κ1) is 14.7. The number of hydrogen-bond donors (Lipinski definition) is 3. The van der Waals surface area contributed by atoms with Crippen molar-refractivity contribution in [3.63, 3.8) is 0 Å². The van der Waals surface area contributed by atoms with E-state index in [2.05, 4.69) is 4.72 Å². The lowest BCUT2D eigenvalue weighted by atomic mass is 10.2. The SMILES string of the molecule is CC(C)CNS(=O)(=O)Nc1c(N)ccc(F)c1F. The average molecular weight is 279 g/mol. The zero-order chi connectivity index (χ0) is 13.9. The van der Waals surface area contributed by atoms with Gasteiger partial charge in [-0.15, -0.1) is 0 Å². The summed E-state index contributed by atoms with van der Waals surface area (Å²) in [6, 6.07) is 1.91. The number of nitrogen functional groups attached to an aromatic ring is 1. The predicted molar refractivity (Wildman–Crippen MR) is 66.2 cm³/mol. The summed E-state index contributed by atoms with van der Waals surface area (Å²) in [7, 11) is -3.98. The maximum Gasteiger partial charge on any atom is 0.299 e. The molecule has 1 rings (SSSR count). The van der Waals surface area contributed by atoms with E-state index < -0.39 is 27.5 Å². The van der Waals surface area contributed by atoms with Crippen molar-refractivity contribution in [3.05, 3.63) is 23.8 Å². The van der Waals surface area contributed by atoms with Crippen LogP contribution in [0.25, 0.3) is 0 Å². The highest BCUT2D eigenvalue weighted by molar-refractivity contribution is 7.90. The van der Waals surface area contributed by atoms with Crippen molar-refractivity contribution in [1.29, 1.82) is 0 Å². The molecule has 5 nitrogen and oxygen atoms in total. The number of anilines is 2. The van der Waals surface area contributed by atoms with E-state index in [1.807, 2.05) is 4.72 Å². The van der Waals surface area contributed by atoms with Crippen LogP contribution in [0.5, 0.6) is 0 Å². The van der Waals surface area contributed by atoms with E-state index in [1.54, 1.807) is 13.8 Å². The normalized spacial score (nSPS) is 11.8. The van der Waals surface area contributed by atoms with Crippen molar-refractivity contribution in [2.24, 2.45) is 5.92 Å². The van der Waals surface area contributed by atoms with Gasteiger partial charge in [0.15, 0.2) is 11.6 Å². The Morgan fingerprint density at radius 2 is 1.94 bits per heavy atom. The second kappa shape index (κ2) is 5.49. The fourth-order valence-electron chi connectivity index (χ4n) is 1.12. The van der Waals surface area contributed by atoms with Crippen LogP contribution in [0.1, 0.15) is 13.8 Å². The molecule has 8 heteroatoms. The molecule has 0 atom stereocenters. The number of benzene rings is 1. The van der Waals surface area contributed by atoms with Crippen LogP contribution >= 0.6 is 0 Å². The van der Waals surface area contributed by atoms with Gasteiger partial charge in [-0.3, -0.25) is 4.72 Å². The highest BCUT2D eigenvalue weighted by Crippen LogP contribution is 2.25. The van der Waals surface area contributed by atoms with Gasteiger partial charge in [0.2, 0.25) is 0 Å². The monoisotopic (exact) mass is 279 g/mol. The third-order valence-corrected chi connectivity index (χ3v) is 3.06. The minimum absolute atomic E-state index is 0.0799. The second-order valence-corrected chi connectivity index (χ2v) is 5.67. The first-order valence-electron chi connectivity index (χ1n) is 5.24. The van der Waals surface area contributed by atoms with E-state index in [-0.39, 0.29) is 18.2 Å². The van der Waals surface area contributed by atoms with Crippen LogP contribution < -0.4 is 15.2 Å². The summed E-state index contributed by atoms with van der Waals surface area (Å²) in [6.45, 7) is 3.78. The first-order chi connectivity index (χ1) is 8.23. The van der Waals surface area contributed by atoms with Gasteiger partial charge in [0.1, 0.15) is 5.69 Å². The lowest BCUT2D eigenvalue weighted by molar-refractivity contribution is 0.511. The molecule has 0 aliphatic heterocycles. The van der Waals surface area contributed by atoms with Crippen LogP contribution in [0, 0.1) is 17.6 Å². The van der Waals surface area contributed by atoms with E-state index >= 15 is 0 Å². The van der Waals surface area contributed by atoms with Crippen molar-refractivity contribution in [2.75, 3.05) is 17.0 Å². The molecule has 0 saturated heterocycles.